The van der Waals surface area contributed by atoms with Crippen LogP contribution < -0.4 is 0 Å². The minimum Gasteiger partial charge on any atom is -0.354 e. The van der Waals surface area contributed by atoms with E-state index in [1.54, 1.807) is 0 Å². The second kappa shape index (κ2) is 4.17. The van der Waals surface area contributed by atoms with Gasteiger partial charge in [-0.05, 0) is 12.8 Å². The van der Waals surface area contributed by atoms with E-state index in [-0.39, 0.29) is 13.1 Å². The molecule has 1 aliphatic rings. The highest BCUT2D eigenvalue weighted by molar-refractivity contribution is 4.89. The van der Waals surface area contributed by atoms with Crippen molar-refractivity contribution in [1.82, 2.24) is 4.90 Å². The largest absolute Gasteiger partial charge is 0.354 e. The van der Waals surface area contributed by atoms with Crippen molar-refractivity contribution in [3.8, 4) is 0 Å². The maximum atomic E-state index is 9.50. The molecule has 16 heavy (non-hydrogen) atoms. The van der Waals surface area contributed by atoms with Gasteiger partial charge in [0.15, 0.2) is 0 Å². The highest BCUT2D eigenvalue weighted by atomic mass is 16.8. The van der Waals surface area contributed by atoms with Crippen LogP contribution in [-0.2, 0) is 0 Å². The fourth-order valence-corrected chi connectivity index (χ4v) is 1.65. The molecule has 1 aliphatic heterocycles. The van der Waals surface area contributed by atoms with E-state index in [4.69, 9.17) is 15.3 Å². The zero-order valence-corrected chi connectivity index (χ0v) is 8.61. The lowest BCUT2D eigenvalue weighted by molar-refractivity contribution is -0.531. The number of likely N-dealkylation sites (tertiary alicyclic amines) is 1. The van der Waals surface area contributed by atoms with E-state index in [9.17, 15) is 20.4 Å². The van der Waals surface area contributed by atoms with E-state index in [0.29, 0.717) is 12.8 Å². The Kier molecular flexibility index (Phi) is 3.58. The normalized spacial score (nSPS) is 21.2. The molecule has 0 aromatic heterocycles. The van der Waals surface area contributed by atoms with Crippen LogP contribution in [-0.4, -0.2) is 71.4 Å². The Balaban J connectivity index is 2.90. The van der Waals surface area contributed by atoms with Crippen molar-refractivity contribution in [1.29, 1.82) is 0 Å². The van der Waals surface area contributed by atoms with Crippen molar-refractivity contribution in [3.05, 3.63) is 0 Å². The van der Waals surface area contributed by atoms with Crippen molar-refractivity contribution in [2.45, 2.75) is 36.9 Å². The topological polar surface area (TPSA) is 145 Å². The summed E-state index contributed by atoms with van der Waals surface area (Å²) in [4.78, 5) is 0.841. The Bertz CT molecular complexity index is 241. The van der Waals surface area contributed by atoms with E-state index in [2.05, 4.69) is 0 Å². The van der Waals surface area contributed by atoms with Crippen LogP contribution in [0.2, 0.25) is 0 Å². The quantitative estimate of drug-likeness (QED) is 0.250. The molecule has 0 aromatic carbocycles. The predicted molar refractivity (Wildman–Crippen MR) is 49.1 cm³/mol. The van der Waals surface area contributed by atoms with Gasteiger partial charge in [0.05, 0.1) is 0 Å². The van der Waals surface area contributed by atoms with E-state index in [0.717, 1.165) is 11.3 Å². The van der Waals surface area contributed by atoms with Crippen LogP contribution in [0.5, 0.6) is 0 Å². The van der Waals surface area contributed by atoms with Crippen LogP contribution in [0.25, 0.3) is 0 Å². The average Bonchev–Trinajstić information content (AvgIpc) is 2.17. The first-order valence-electron chi connectivity index (χ1n) is 4.92. The van der Waals surface area contributed by atoms with Gasteiger partial charge in [0.2, 0.25) is 0 Å². The summed E-state index contributed by atoms with van der Waals surface area (Å²) in [6.45, 7) is 0.262. The van der Waals surface area contributed by atoms with Gasteiger partial charge in [-0.15, -0.1) is 0 Å². The average molecular weight is 239 g/mol. The second-order valence-corrected chi connectivity index (χ2v) is 3.99. The smallest absolute Gasteiger partial charge is 0.340 e. The Morgan fingerprint density at radius 2 is 1.12 bits per heavy atom. The van der Waals surface area contributed by atoms with Gasteiger partial charge in [-0.25, -0.2) is 4.90 Å². The minimum atomic E-state index is -4.05. The van der Waals surface area contributed by atoms with Gasteiger partial charge in [0.25, 0.3) is 5.91 Å². The molecule has 8 heteroatoms. The molecule has 7 N–H and O–H groups in total. The molecule has 0 aromatic rings. The van der Waals surface area contributed by atoms with Gasteiger partial charge in [-0.2, -0.15) is 0 Å². The first-order valence-corrected chi connectivity index (χ1v) is 4.92. The summed E-state index contributed by atoms with van der Waals surface area (Å²) in [5.41, 5.74) is 0. The first-order chi connectivity index (χ1) is 7.11. The summed E-state index contributed by atoms with van der Waals surface area (Å²) in [5, 5.41) is 63.4. The summed E-state index contributed by atoms with van der Waals surface area (Å²) >= 11 is 0. The third-order valence-corrected chi connectivity index (χ3v) is 2.73. The van der Waals surface area contributed by atoms with E-state index < -0.39 is 17.7 Å². The zero-order chi connectivity index (χ0) is 12.6. The van der Waals surface area contributed by atoms with Crippen molar-refractivity contribution < 1.29 is 35.7 Å². The monoisotopic (exact) mass is 239 g/mol. The Morgan fingerprint density at radius 1 is 0.688 bits per heavy atom. The highest BCUT2D eigenvalue weighted by Crippen LogP contribution is 2.30. The molecule has 0 unspecified atom stereocenters. The molecule has 8 nitrogen and oxygen atoms in total. The van der Waals surface area contributed by atoms with Gasteiger partial charge in [-0.1, -0.05) is 6.42 Å². The predicted octanol–water partition coefficient (Wildman–Crippen LogP) is -3.58. The second-order valence-electron chi connectivity index (χ2n) is 3.99. The SMILES string of the molecule is OC(O)(O)C(O)(O)C(O)(O)N1CCCCC1. The molecule has 0 bridgehead atoms. The summed E-state index contributed by atoms with van der Waals surface area (Å²) in [6, 6.07) is 0. The standard InChI is InChI=1S/C8H17NO7/c10-6(11,8(14,15)16)7(12,13)9-4-2-1-3-5-9/h10-16H,1-5H2. The van der Waals surface area contributed by atoms with Crippen molar-refractivity contribution in [2.24, 2.45) is 0 Å². The molecule has 96 valence electrons. The van der Waals surface area contributed by atoms with Gasteiger partial charge < -0.3 is 35.7 Å². The van der Waals surface area contributed by atoms with Crippen LogP contribution in [0.1, 0.15) is 19.3 Å². The van der Waals surface area contributed by atoms with Crippen LogP contribution in [0.4, 0.5) is 0 Å². The Labute approximate surface area is 91.6 Å². The number of rotatable bonds is 3. The van der Waals surface area contributed by atoms with E-state index in [1.807, 2.05) is 0 Å². The molecular weight excluding hydrogens is 222 g/mol. The Hall–Kier alpha value is -0.320. The lowest BCUT2D eigenvalue weighted by Gasteiger charge is -2.46. The number of aliphatic hydroxyl groups is 7. The third-order valence-electron chi connectivity index (χ3n) is 2.73. The van der Waals surface area contributed by atoms with Gasteiger partial charge >= 0.3 is 11.8 Å². The molecule has 0 atom stereocenters. The molecule has 1 fully saturated rings. The fraction of sp³-hybridized carbons (Fsp3) is 1.00. The zero-order valence-electron chi connectivity index (χ0n) is 8.61. The van der Waals surface area contributed by atoms with Crippen LogP contribution in [0, 0.1) is 0 Å². The maximum Gasteiger partial charge on any atom is 0.340 e. The van der Waals surface area contributed by atoms with Crippen LogP contribution >= 0.6 is 0 Å². The number of hydrogen-bond acceptors (Lipinski definition) is 8. The molecule has 0 saturated carbocycles. The number of piperidine rings is 1. The summed E-state index contributed by atoms with van der Waals surface area (Å²) in [7, 11) is 0. The molecule has 0 aliphatic carbocycles. The first kappa shape index (κ1) is 13.7. The summed E-state index contributed by atoms with van der Waals surface area (Å²) in [6.07, 6.45) is 2.03. The molecule has 0 amide bonds. The molecule has 1 saturated heterocycles. The number of nitrogens with zero attached hydrogens (tertiary/aromatic N) is 1. The van der Waals surface area contributed by atoms with E-state index >= 15 is 0 Å². The van der Waals surface area contributed by atoms with Crippen molar-refractivity contribution in [3.63, 3.8) is 0 Å². The van der Waals surface area contributed by atoms with Crippen LogP contribution in [0.15, 0.2) is 0 Å². The van der Waals surface area contributed by atoms with Gasteiger partial charge in [0.1, 0.15) is 0 Å². The summed E-state index contributed by atoms with van der Waals surface area (Å²) < 4.78 is 0. The molecule has 0 spiro atoms. The van der Waals surface area contributed by atoms with Crippen LogP contribution in [0.3, 0.4) is 0 Å². The van der Waals surface area contributed by atoms with Gasteiger partial charge in [-0.3, -0.25) is 0 Å². The third kappa shape index (κ3) is 2.19. The van der Waals surface area contributed by atoms with E-state index in [1.165, 1.54) is 0 Å². The van der Waals surface area contributed by atoms with Gasteiger partial charge in [0, 0.05) is 13.1 Å². The fourth-order valence-electron chi connectivity index (χ4n) is 1.65. The maximum absolute atomic E-state index is 9.50. The lowest BCUT2D eigenvalue weighted by Crippen LogP contribution is -2.74. The molecular formula is C8H17NO7. The molecule has 0 radical (unpaired) electrons. The highest BCUT2D eigenvalue weighted by Gasteiger charge is 2.64. The van der Waals surface area contributed by atoms with Crippen molar-refractivity contribution >= 4 is 0 Å². The van der Waals surface area contributed by atoms with Crippen molar-refractivity contribution in [2.75, 3.05) is 13.1 Å². The minimum absolute atomic E-state index is 0.131. The lowest BCUT2D eigenvalue weighted by atomic mass is 10.0. The molecule has 1 rings (SSSR count). The Morgan fingerprint density at radius 3 is 1.50 bits per heavy atom. The summed E-state index contributed by atoms with van der Waals surface area (Å²) in [5.74, 6) is -11.3. The number of hydrogen-bond donors (Lipinski definition) is 7. The molecule has 1 heterocycles.